The molecule has 1 aliphatic rings. The average Bonchev–Trinajstić information content (AvgIpc) is 3.11. The van der Waals surface area contributed by atoms with Crippen molar-refractivity contribution in [2.75, 3.05) is 26.3 Å². The maximum atomic E-state index is 12.5. The second-order valence-corrected chi connectivity index (χ2v) is 5.61. The molecule has 1 saturated heterocycles. The van der Waals surface area contributed by atoms with Gasteiger partial charge in [0.25, 0.3) is 5.91 Å². The summed E-state index contributed by atoms with van der Waals surface area (Å²) in [5.41, 5.74) is 2.73. The number of rotatable bonds is 2. The lowest BCUT2D eigenvalue weighted by atomic mass is 10.0. The highest BCUT2D eigenvalue weighted by molar-refractivity contribution is 5.99. The summed E-state index contributed by atoms with van der Waals surface area (Å²) in [6, 6.07) is 10.0. The van der Waals surface area contributed by atoms with Crippen LogP contribution in [0.2, 0.25) is 0 Å². The van der Waals surface area contributed by atoms with Crippen LogP contribution in [0.25, 0.3) is 21.9 Å². The quantitative estimate of drug-likeness (QED) is 0.792. The van der Waals surface area contributed by atoms with Gasteiger partial charge in [0.15, 0.2) is 0 Å². The van der Waals surface area contributed by atoms with Crippen LogP contribution in [0.4, 0.5) is 0 Å². The van der Waals surface area contributed by atoms with Gasteiger partial charge in [0, 0.05) is 42.6 Å². The van der Waals surface area contributed by atoms with Crippen LogP contribution in [0.5, 0.6) is 0 Å². The molecule has 1 aliphatic heterocycles. The number of carbonyl (C=O) groups is 1. The fourth-order valence-corrected chi connectivity index (χ4v) is 2.98. The third-order valence-electron chi connectivity index (χ3n) is 4.20. The first-order valence-corrected chi connectivity index (χ1v) is 7.71. The molecule has 0 radical (unpaired) electrons. The van der Waals surface area contributed by atoms with Crippen LogP contribution in [0.3, 0.4) is 0 Å². The Bertz CT molecular complexity index is 845. The van der Waals surface area contributed by atoms with Gasteiger partial charge in [-0.05, 0) is 23.1 Å². The number of carbonyl (C=O) groups excluding carboxylic acids is 1. The van der Waals surface area contributed by atoms with Gasteiger partial charge in [0.2, 0.25) is 0 Å². The van der Waals surface area contributed by atoms with Crippen molar-refractivity contribution in [3.05, 3.63) is 54.6 Å². The number of morpholine rings is 1. The lowest BCUT2D eigenvalue weighted by Crippen LogP contribution is -2.40. The zero-order valence-electron chi connectivity index (χ0n) is 12.7. The summed E-state index contributed by atoms with van der Waals surface area (Å²) >= 11 is 0. The molecule has 0 saturated carbocycles. The van der Waals surface area contributed by atoms with Gasteiger partial charge in [0.1, 0.15) is 5.69 Å². The minimum atomic E-state index is 0.0291. The van der Waals surface area contributed by atoms with Crippen molar-refractivity contribution >= 4 is 16.7 Å². The van der Waals surface area contributed by atoms with Crippen LogP contribution in [0.15, 0.2) is 48.9 Å². The van der Waals surface area contributed by atoms with E-state index in [0.29, 0.717) is 32.0 Å². The largest absolute Gasteiger partial charge is 0.378 e. The van der Waals surface area contributed by atoms with E-state index >= 15 is 0 Å². The molecular weight excluding hydrogens is 290 g/mol. The first kappa shape index (κ1) is 14.0. The van der Waals surface area contributed by atoms with E-state index < -0.39 is 0 Å². The van der Waals surface area contributed by atoms with Gasteiger partial charge >= 0.3 is 0 Å². The summed E-state index contributed by atoms with van der Waals surface area (Å²) in [7, 11) is 0. The summed E-state index contributed by atoms with van der Waals surface area (Å²) < 4.78 is 5.30. The molecule has 1 fully saturated rings. The van der Waals surface area contributed by atoms with E-state index in [1.165, 1.54) is 0 Å². The van der Waals surface area contributed by atoms with E-state index in [1.54, 1.807) is 6.20 Å². The predicted octanol–water partition coefficient (Wildman–Crippen LogP) is 2.70. The highest BCUT2D eigenvalue weighted by Crippen LogP contribution is 2.28. The Morgan fingerprint density at radius 1 is 1.22 bits per heavy atom. The number of hydrogen-bond acceptors (Lipinski definition) is 3. The Labute approximate surface area is 133 Å². The monoisotopic (exact) mass is 307 g/mol. The number of nitrogens with zero attached hydrogens (tertiary/aromatic N) is 2. The molecule has 1 N–H and O–H groups in total. The van der Waals surface area contributed by atoms with Gasteiger partial charge in [-0.25, -0.2) is 0 Å². The molecule has 0 aliphatic carbocycles. The molecule has 4 rings (SSSR count). The average molecular weight is 307 g/mol. The fraction of sp³-hybridized carbons (Fsp3) is 0.222. The summed E-state index contributed by atoms with van der Waals surface area (Å²) in [5, 5.41) is 2.22. The SMILES string of the molecule is O=C(c1cc(-c2cccc3cnccc23)c[nH]1)N1CCOCC1. The maximum Gasteiger partial charge on any atom is 0.270 e. The van der Waals surface area contributed by atoms with Crippen molar-refractivity contribution < 1.29 is 9.53 Å². The van der Waals surface area contributed by atoms with E-state index in [4.69, 9.17) is 4.74 Å². The molecule has 0 spiro atoms. The fourth-order valence-electron chi connectivity index (χ4n) is 2.98. The lowest BCUT2D eigenvalue weighted by Gasteiger charge is -2.26. The Morgan fingerprint density at radius 3 is 2.96 bits per heavy atom. The standard InChI is InChI=1S/C18H17N3O2/c22-18(21-6-8-23-9-7-21)17-10-14(12-20-17)15-3-1-2-13-11-19-5-4-16(13)15/h1-5,10-12,20H,6-9H2. The number of amides is 1. The van der Waals surface area contributed by atoms with Gasteiger partial charge in [-0.3, -0.25) is 9.78 Å². The molecule has 0 bridgehead atoms. The van der Waals surface area contributed by atoms with E-state index in [0.717, 1.165) is 21.9 Å². The van der Waals surface area contributed by atoms with E-state index in [2.05, 4.69) is 16.0 Å². The van der Waals surface area contributed by atoms with Gasteiger partial charge in [0.05, 0.1) is 13.2 Å². The summed E-state index contributed by atoms with van der Waals surface area (Å²) in [6.45, 7) is 2.51. The molecule has 116 valence electrons. The first-order chi connectivity index (χ1) is 11.3. The van der Waals surface area contributed by atoms with Crippen molar-refractivity contribution in [1.29, 1.82) is 0 Å². The molecule has 5 heteroatoms. The normalized spacial score (nSPS) is 15.0. The summed E-state index contributed by atoms with van der Waals surface area (Å²) in [4.78, 5) is 21.6. The highest BCUT2D eigenvalue weighted by Gasteiger charge is 2.20. The topological polar surface area (TPSA) is 58.2 Å². The number of ether oxygens (including phenoxy) is 1. The molecule has 2 aromatic heterocycles. The minimum Gasteiger partial charge on any atom is -0.378 e. The second-order valence-electron chi connectivity index (χ2n) is 5.61. The van der Waals surface area contributed by atoms with Gasteiger partial charge in [-0.15, -0.1) is 0 Å². The second kappa shape index (κ2) is 5.85. The number of fused-ring (bicyclic) bond motifs is 1. The van der Waals surface area contributed by atoms with E-state index in [1.807, 2.05) is 41.6 Å². The number of H-pyrrole nitrogens is 1. The molecule has 1 amide bonds. The van der Waals surface area contributed by atoms with Crippen molar-refractivity contribution in [2.45, 2.75) is 0 Å². The minimum absolute atomic E-state index is 0.0291. The molecule has 3 heterocycles. The van der Waals surface area contributed by atoms with Crippen LogP contribution >= 0.6 is 0 Å². The van der Waals surface area contributed by atoms with Crippen LogP contribution in [-0.2, 0) is 4.74 Å². The van der Waals surface area contributed by atoms with E-state index in [-0.39, 0.29) is 5.91 Å². The number of benzene rings is 1. The van der Waals surface area contributed by atoms with Crippen LogP contribution < -0.4 is 0 Å². The van der Waals surface area contributed by atoms with Crippen molar-refractivity contribution in [3.63, 3.8) is 0 Å². The van der Waals surface area contributed by atoms with Crippen LogP contribution in [0.1, 0.15) is 10.5 Å². The Kier molecular flexibility index (Phi) is 3.55. The number of aromatic amines is 1. The first-order valence-electron chi connectivity index (χ1n) is 7.71. The molecule has 0 atom stereocenters. The molecule has 1 aromatic carbocycles. The molecule has 5 nitrogen and oxygen atoms in total. The number of pyridine rings is 1. The van der Waals surface area contributed by atoms with Crippen LogP contribution in [-0.4, -0.2) is 47.1 Å². The Balaban J connectivity index is 1.68. The van der Waals surface area contributed by atoms with Crippen molar-refractivity contribution in [1.82, 2.24) is 14.9 Å². The van der Waals surface area contributed by atoms with Gasteiger partial charge < -0.3 is 14.6 Å². The number of hydrogen-bond donors (Lipinski definition) is 1. The maximum absolute atomic E-state index is 12.5. The smallest absolute Gasteiger partial charge is 0.270 e. The van der Waals surface area contributed by atoms with Gasteiger partial charge in [-0.2, -0.15) is 0 Å². The van der Waals surface area contributed by atoms with Crippen molar-refractivity contribution in [3.8, 4) is 11.1 Å². The molecular formula is C18H17N3O2. The lowest BCUT2D eigenvalue weighted by molar-refractivity contribution is 0.0299. The van der Waals surface area contributed by atoms with Crippen LogP contribution in [0, 0.1) is 0 Å². The third kappa shape index (κ3) is 2.59. The Morgan fingerprint density at radius 2 is 2.09 bits per heavy atom. The zero-order valence-corrected chi connectivity index (χ0v) is 12.7. The summed E-state index contributed by atoms with van der Waals surface area (Å²) in [5.74, 6) is 0.0291. The Hall–Kier alpha value is -2.66. The van der Waals surface area contributed by atoms with Gasteiger partial charge in [-0.1, -0.05) is 18.2 Å². The third-order valence-corrected chi connectivity index (χ3v) is 4.20. The summed E-state index contributed by atoms with van der Waals surface area (Å²) in [6.07, 6.45) is 5.53. The van der Waals surface area contributed by atoms with E-state index in [9.17, 15) is 4.79 Å². The molecule has 23 heavy (non-hydrogen) atoms. The number of nitrogens with one attached hydrogen (secondary N) is 1. The zero-order chi connectivity index (χ0) is 15.6. The predicted molar refractivity (Wildman–Crippen MR) is 88.3 cm³/mol. The highest BCUT2D eigenvalue weighted by atomic mass is 16.5. The number of aromatic nitrogens is 2. The molecule has 0 unspecified atom stereocenters. The van der Waals surface area contributed by atoms with Crippen molar-refractivity contribution in [2.24, 2.45) is 0 Å². The molecule has 3 aromatic rings.